The third kappa shape index (κ3) is 4.94. The molecule has 0 saturated carbocycles. The summed E-state index contributed by atoms with van der Waals surface area (Å²) in [7, 11) is 3.92. The Morgan fingerprint density at radius 3 is 2.32 bits per heavy atom. The van der Waals surface area contributed by atoms with Crippen LogP contribution >= 0.6 is 12.2 Å². The van der Waals surface area contributed by atoms with Crippen molar-refractivity contribution in [3.8, 4) is 0 Å². The van der Waals surface area contributed by atoms with Gasteiger partial charge in [0.1, 0.15) is 12.2 Å². The van der Waals surface area contributed by atoms with Crippen LogP contribution < -0.4 is 10.0 Å². The van der Waals surface area contributed by atoms with Gasteiger partial charge in [-0.3, -0.25) is 4.31 Å². The van der Waals surface area contributed by atoms with E-state index in [1.807, 2.05) is 53.8 Å². The highest BCUT2D eigenvalue weighted by Crippen LogP contribution is 2.23. The van der Waals surface area contributed by atoms with Crippen LogP contribution in [0.3, 0.4) is 0 Å². The van der Waals surface area contributed by atoms with Crippen molar-refractivity contribution in [1.29, 1.82) is 0 Å². The molecule has 0 aliphatic carbocycles. The second-order valence-electron chi connectivity index (χ2n) is 5.32. The number of hydrogen-bond acceptors (Lipinski definition) is 5. The quantitative estimate of drug-likeness (QED) is 0.364. The van der Waals surface area contributed by atoms with Crippen LogP contribution in [0.25, 0.3) is 0 Å². The molecule has 2 N–H and O–H groups in total. The molecule has 22 heavy (non-hydrogen) atoms. The molecule has 2 aromatic carbocycles. The van der Waals surface area contributed by atoms with Crippen molar-refractivity contribution in [2.45, 2.75) is 19.4 Å². The number of benzene rings is 2. The van der Waals surface area contributed by atoms with Crippen LogP contribution in [0.15, 0.2) is 54.6 Å². The third-order valence-electron chi connectivity index (χ3n) is 3.51. The second-order valence-corrected chi connectivity index (χ2v) is 6.17. The summed E-state index contributed by atoms with van der Waals surface area (Å²) in [5.74, 6) is 0. The lowest BCUT2D eigenvalue weighted by molar-refractivity contribution is -0.0442. The van der Waals surface area contributed by atoms with Gasteiger partial charge in [-0.2, -0.15) is 5.06 Å². The monoisotopic (exact) mass is 317 g/mol. The minimum Gasteiger partial charge on any atom is -0.399 e. The maximum absolute atomic E-state index is 5.77. The Labute approximate surface area is 137 Å². The predicted octanol–water partition coefficient (Wildman–Crippen LogP) is 3.76. The van der Waals surface area contributed by atoms with Crippen molar-refractivity contribution in [3.05, 3.63) is 60.2 Å². The fourth-order valence-corrected chi connectivity index (χ4v) is 2.55. The number of nitrogens with two attached hydrogens (primary N) is 1. The Hall–Kier alpha value is -1.69. The molecule has 0 radical (unpaired) electrons. The van der Waals surface area contributed by atoms with Crippen molar-refractivity contribution in [3.63, 3.8) is 0 Å². The first-order valence-corrected chi connectivity index (χ1v) is 7.97. The molecule has 4 nitrogen and oxygen atoms in total. The standard InChI is InChI=1S/C17H23N3OS/c1-14(13-15-7-5-4-6-8-15)19(2)21-22-20(3)17-11-9-16(18)10-12-17/h4-12,14H,13,18H2,1-3H3. The lowest BCUT2D eigenvalue weighted by Crippen LogP contribution is -2.30. The van der Waals surface area contributed by atoms with Gasteiger partial charge in [0.15, 0.2) is 0 Å². The van der Waals surface area contributed by atoms with Crippen molar-refractivity contribution in [2.75, 3.05) is 24.1 Å². The molecule has 0 heterocycles. The minimum atomic E-state index is 0.287. The van der Waals surface area contributed by atoms with E-state index in [-0.39, 0.29) is 6.04 Å². The van der Waals surface area contributed by atoms with Gasteiger partial charge in [-0.05, 0) is 43.2 Å². The Bertz CT molecular complexity index is 562. The maximum Gasteiger partial charge on any atom is 0.135 e. The van der Waals surface area contributed by atoms with E-state index >= 15 is 0 Å². The number of hydroxylamine groups is 2. The van der Waals surface area contributed by atoms with E-state index in [4.69, 9.17) is 10.0 Å². The highest BCUT2D eigenvalue weighted by atomic mass is 32.2. The summed E-state index contributed by atoms with van der Waals surface area (Å²) in [5.41, 5.74) is 8.81. The normalized spacial score (nSPS) is 12.4. The highest BCUT2D eigenvalue weighted by molar-refractivity contribution is 7.96. The topological polar surface area (TPSA) is 41.7 Å². The number of hydrogen-bond donors (Lipinski definition) is 1. The molecular weight excluding hydrogens is 294 g/mol. The van der Waals surface area contributed by atoms with Gasteiger partial charge in [0, 0.05) is 31.5 Å². The fraction of sp³-hybridized carbons (Fsp3) is 0.294. The zero-order chi connectivity index (χ0) is 15.9. The number of nitrogen functional groups attached to an aromatic ring is 1. The zero-order valence-corrected chi connectivity index (χ0v) is 14.1. The number of anilines is 2. The molecule has 0 aromatic heterocycles. The Kier molecular flexibility index (Phi) is 6.12. The highest BCUT2D eigenvalue weighted by Gasteiger charge is 2.13. The van der Waals surface area contributed by atoms with Crippen LogP contribution in [0.5, 0.6) is 0 Å². The molecular formula is C17H23N3OS. The van der Waals surface area contributed by atoms with E-state index in [0.717, 1.165) is 17.8 Å². The average Bonchev–Trinajstić information content (AvgIpc) is 2.53. The van der Waals surface area contributed by atoms with Gasteiger partial charge in [0.05, 0.1) is 0 Å². The third-order valence-corrected chi connectivity index (χ3v) is 4.25. The van der Waals surface area contributed by atoms with Crippen molar-refractivity contribution >= 4 is 23.6 Å². The molecule has 1 unspecified atom stereocenters. The summed E-state index contributed by atoms with van der Waals surface area (Å²) in [6.07, 6.45) is 0.948. The molecule has 1 atom stereocenters. The first-order valence-electron chi connectivity index (χ1n) is 7.27. The SMILES string of the molecule is CC(Cc1ccccc1)N(C)OSN(C)c1ccc(N)cc1. The fourth-order valence-electron chi connectivity index (χ4n) is 1.99. The molecule has 118 valence electrons. The molecule has 0 aliphatic rings. The summed E-state index contributed by atoms with van der Waals surface area (Å²) in [4.78, 5) is 0. The first-order chi connectivity index (χ1) is 10.6. The molecule has 0 saturated heterocycles. The Morgan fingerprint density at radius 2 is 1.68 bits per heavy atom. The van der Waals surface area contributed by atoms with Gasteiger partial charge in [-0.1, -0.05) is 30.3 Å². The van der Waals surface area contributed by atoms with Crippen molar-refractivity contribution in [1.82, 2.24) is 5.06 Å². The van der Waals surface area contributed by atoms with E-state index < -0.39 is 0 Å². The average molecular weight is 317 g/mol. The van der Waals surface area contributed by atoms with Gasteiger partial charge >= 0.3 is 0 Å². The Balaban J connectivity index is 1.81. The van der Waals surface area contributed by atoms with E-state index in [2.05, 4.69) is 31.2 Å². The zero-order valence-electron chi connectivity index (χ0n) is 13.3. The molecule has 0 bridgehead atoms. The van der Waals surface area contributed by atoms with E-state index in [1.54, 1.807) is 0 Å². The van der Waals surface area contributed by atoms with Crippen molar-refractivity contribution in [2.24, 2.45) is 0 Å². The summed E-state index contributed by atoms with van der Waals surface area (Å²) >= 11 is 1.30. The van der Waals surface area contributed by atoms with Gasteiger partial charge in [0.25, 0.3) is 0 Å². The number of nitrogens with zero attached hydrogens (tertiary/aromatic N) is 2. The van der Waals surface area contributed by atoms with E-state index in [0.29, 0.717) is 0 Å². The van der Waals surface area contributed by atoms with Crippen LogP contribution in [0.2, 0.25) is 0 Å². The van der Waals surface area contributed by atoms with Gasteiger partial charge in [-0.15, -0.1) is 0 Å². The second kappa shape index (κ2) is 8.08. The molecule has 0 amide bonds. The van der Waals surface area contributed by atoms with E-state index in [1.165, 1.54) is 17.8 Å². The summed E-state index contributed by atoms with van der Waals surface area (Å²) < 4.78 is 7.73. The van der Waals surface area contributed by atoms with Crippen LogP contribution in [-0.4, -0.2) is 25.2 Å². The predicted molar refractivity (Wildman–Crippen MR) is 95.3 cm³/mol. The maximum atomic E-state index is 5.77. The Morgan fingerprint density at radius 1 is 1.05 bits per heavy atom. The molecule has 2 aromatic rings. The summed E-state index contributed by atoms with van der Waals surface area (Å²) in [6.45, 7) is 2.15. The lowest BCUT2D eigenvalue weighted by atomic mass is 10.1. The number of likely N-dealkylation sites (N-methyl/N-ethyl adjacent to an activating group) is 1. The van der Waals surface area contributed by atoms with Crippen LogP contribution in [0.4, 0.5) is 11.4 Å². The van der Waals surface area contributed by atoms with Crippen LogP contribution in [0, 0.1) is 0 Å². The summed E-state index contributed by atoms with van der Waals surface area (Å²) in [5, 5.41) is 1.88. The first kappa shape index (κ1) is 16.7. The molecule has 0 spiro atoms. The van der Waals surface area contributed by atoms with Crippen LogP contribution in [0.1, 0.15) is 12.5 Å². The van der Waals surface area contributed by atoms with Gasteiger partial charge < -0.3 is 5.73 Å². The molecule has 0 aliphatic heterocycles. The lowest BCUT2D eigenvalue weighted by Gasteiger charge is -2.25. The molecule has 0 fully saturated rings. The number of rotatable bonds is 7. The van der Waals surface area contributed by atoms with Crippen molar-refractivity contribution < 1.29 is 4.28 Å². The molecule has 2 rings (SSSR count). The van der Waals surface area contributed by atoms with Gasteiger partial charge in [-0.25, -0.2) is 4.28 Å². The van der Waals surface area contributed by atoms with E-state index in [9.17, 15) is 0 Å². The minimum absolute atomic E-state index is 0.287. The summed E-state index contributed by atoms with van der Waals surface area (Å²) in [6, 6.07) is 18.4. The largest absolute Gasteiger partial charge is 0.399 e. The molecule has 5 heteroatoms. The smallest absolute Gasteiger partial charge is 0.135 e. The van der Waals surface area contributed by atoms with Crippen LogP contribution in [-0.2, 0) is 10.7 Å². The van der Waals surface area contributed by atoms with Gasteiger partial charge in [0.2, 0.25) is 0 Å².